The summed E-state index contributed by atoms with van der Waals surface area (Å²) in [7, 11) is 0. The van der Waals surface area contributed by atoms with Crippen LogP contribution in [0.3, 0.4) is 0 Å². The van der Waals surface area contributed by atoms with Gasteiger partial charge in [-0.25, -0.2) is 5.43 Å². The molecule has 1 amide bonds. The van der Waals surface area contributed by atoms with E-state index < -0.39 is 0 Å². The van der Waals surface area contributed by atoms with Gasteiger partial charge in [-0.2, -0.15) is 5.10 Å². The smallest absolute Gasteiger partial charge is 0.267 e. The van der Waals surface area contributed by atoms with E-state index in [9.17, 15) is 4.79 Å². The van der Waals surface area contributed by atoms with E-state index in [4.69, 9.17) is 0 Å². The number of benzene rings is 1. The Bertz CT molecular complexity index is 591. The number of hydrogen-bond acceptors (Lipinski definition) is 3. The molecule has 1 aromatic carbocycles. The summed E-state index contributed by atoms with van der Waals surface area (Å²) in [5, 5.41) is 3.96. The van der Waals surface area contributed by atoms with Gasteiger partial charge in [0, 0.05) is 18.0 Å². The second-order valence-electron chi connectivity index (χ2n) is 4.78. The molecule has 0 aliphatic carbocycles. The van der Waals surface area contributed by atoms with Crippen LogP contribution in [0.4, 0.5) is 0 Å². The van der Waals surface area contributed by atoms with E-state index in [1.165, 1.54) is 18.4 Å². The van der Waals surface area contributed by atoms with Gasteiger partial charge in [0.05, 0.1) is 6.21 Å². The number of hydrogen-bond donors (Lipinski definition) is 1. The van der Waals surface area contributed by atoms with Gasteiger partial charge in [0.15, 0.2) is 0 Å². The van der Waals surface area contributed by atoms with Crippen molar-refractivity contribution in [1.82, 2.24) is 10.4 Å². The molecule has 0 aliphatic heterocycles. The van der Waals surface area contributed by atoms with Crippen LogP contribution in [0.1, 0.15) is 41.3 Å². The van der Waals surface area contributed by atoms with Gasteiger partial charge in [-0.15, -0.1) is 0 Å². The van der Waals surface area contributed by atoms with Crippen LogP contribution >= 0.6 is 0 Å². The Balaban J connectivity index is 1.88. The van der Waals surface area contributed by atoms with Crippen LogP contribution in [0.15, 0.2) is 53.9 Å². The van der Waals surface area contributed by atoms with Crippen molar-refractivity contribution in [2.75, 3.05) is 0 Å². The molecule has 0 fully saturated rings. The van der Waals surface area contributed by atoms with Crippen molar-refractivity contribution in [2.45, 2.75) is 26.2 Å². The molecule has 0 aliphatic rings. The average molecular weight is 281 g/mol. The largest absolute Gasteiger partial charge is 0.271 e. The zero-order valence-corrected chi connectivity index (χ0v) is 12.1. The molecule has 2 aromatic rings. The van der Waals surface area contributed by atoms with Crippen molar-refractivity contribution < 1.29 is 4.79 Å². The third kappa shape index (κ3) is 4.84. The van der Waals surface area contributed by atoms with Gasteiger partial charge in [0.1, 0.15) is 0 Å². The molecule has 0 atom stereocenters. The molecule has 21 heavy (non-hydrogen) atoms. The van der Waals surface area contributed by atoms with Gasteiger partial charge in [-0.3, -0.25) is 9.78 Å². The van der Waals surface area contributed by atoms with E-state index >= 15 is 0 Å². The maximum atomic E-state index is 11.8. The van der Waals surface area contributed by atoms with E-state index in [1.54, 1.807) is 30.7 Å². The molecule has 0 spiro atoms. The Kier molecular flexibility index (Phi) is 5.64. The molecule has 0 saturated heterocycles. The van der Waals surface area contributed by atoms with E-state index in [-0.39, 0.29) is 5.91 Å². The highest BCUT2D eigenvalue weighted by Gasteiger charge is 2.01. The Morgan fingerprint density at radius 1 is 1.19 bits per heavy atom. The highest BCUT2D eigenvalue weighted by atomic mass is 16.2. The highest BCUT2D eigenvalue weighted by molar-refractivity contribution is 5.94. The maximum absolute atomic E-state index is 11.8. The number of amides is 1. The number of hydrazone groups is 1. The van der Waals surface area contributed by atoms with Crippen molar-refractivity contribution >= 4 is 12.1 Å². The fraction of sp³-hybridized carbons (Fsp3) is 0.235. The third-order valence-corrected chi connectivity index (χ3v) is 3.12. The van der Waals surface area contributed by atoms with Crippen LogP contribution in [0.5, 0.6) is 0 Å². The Hall–Kier alpha value is -2.49. The summed E-state index contributed by atoms with van der Waals surface area (Å²) in [6, 6.07) is 11.5. The van der Waals surface area contributed by atoms with Crippen molar-refractivity contribution in [1.29, 1.82) is 0 Å². The minimum absolute atomic E-state index is 0.242. The van der Waals surface area contributed by atoms with Crippen LogP contribution in [0.25, 0.3) is 0 Å². The number of nitrogens with one attached hydrogen (secondary N) is 1. The maximum Gasteiger partial charge on any atom is 0.271 e. The second-order valence-corrected chi connectivity index (χ2v) is 4.78. The second kappa shape index (κ2) is 7.94. The van der Waals surface area contributed by atoms with Crippen molar-refractivity contribution in [3.8, 4) is 0 Å². The molecule has 1 heterocycles. The molecule has 4 heteroatoms. The number of rotatable bonds is 6. The Morgan fingerprint density at radius 3 is 2.57 bits per heavy atom. The predicted molar refractivity (Wildman–Crippen MR) is 84.4 cm³/mol. The molecule has 1 N–H and O–H groups in total. The van der Waals surface area contributed by atoms with Gasteiger partial charge >= 0.3 is 0 Å². The number of aryl methyl sites for hydroxylation is 1. The zero-order chi connectivity index (χ0) is 14.9. The molecule has 4 nitrogen and oxygen atoms in total. The van der Waals surface area contributed by atoms with E-state index in [0.29, 0.717) is 5.56 Å². The van der Waals surface area contributed by atoms with Crippen LogP contribution in [0.2, 0.25) is 0 Å². The molecule has 2 rings (SSSR count). The Morgan fingerprint density at radius 2 is 1.90 bits per heavy atom. The number of pyridine rings is 1. The van der Waals surface area contributed by atoms with Crippen LogP contribution in [-0.2, 0) is 6.42 Å². The van der Waals surface area contributed by atoms with Gasteiger partial charge in [0.25, 0.3) is 5.91 Å². The Labute approximate surface area is 124 Å². The first-order chi connectivity index (χ1) is 10.3. The molecule has 0 bridgehead atoms. The molecule has 1 aromatic heterocycles. The summed E-state index contributed by atoms with van der Waals surface area (Å²) in [5.41, 5.74) is 5.33. The fourth-order valence-corrected chi connectivity index (χ4v) is 1.88. The van der Waals surface area contributed by atoms with Crippen molar-refractivity contribution in [2.24, 2.45) is 5.10 Å². The summed E-state index contributed by atoms with van der Waals surface area (Å²) in [4.78, 5) is 15.6. The van der Waals surface area contributed by atoms with Crippen LogP contribution in [-0.4, -0.2) is 17.1 Å². The fourth-order valence-electron chi connectivity index (χ4n) is 1.88. The number of aromatic nitrogens is 1. The molecule has 108 valence electrons. The summed E-state index contributed by atoms with van der Waals surface area (Å²) in [6.45, 7) is 2.19. The topological polar surface area (TPSA) is 54.4 Å². The van der Waals surface area contributed by atoms with E-state index in [1.807, 2.05) is 12.1 Å². The van der Waals surface area contributed by atoms with Crippen LogP contribution in [0, 0.1) is 0 Å². The van der Waals surface area contributed by atoms with Crippen molar-refractivity contribution in [3.63, 3.8) is 0 Å². The third-order valence-electron chi connectivity index (χ3n) is 3.12. The van der Waals surface area contributed by atoms with Crippen LogP contribution < -0.4 is 5.43 Å². The molecular formula is C17H19N3O. The number of nitrogens with zero attached hydrogens (tertiary/aromatic N) is 2. The van der Waals surface area contributed by atoms with E-state index in [0.717, 1.165) is 12.0 Å². The molecule has 0 saturated carbocycles. The quantitative estimate of drug-likeness (QED) is 0.653. The van der Waals surface area contributed by atoms with Gasteiger partial charge in [-0.1, -0.05) is 37.6 Å². The lowest BCUT2D eigenvalue weighted by atomic mass is 10.1. The lowest BCUT2D eigenvalue weighted by molar-refractivity contribution is 0.0955. The summed E-state index contributed by atoms with van der Waals surface area (Å²) < 4.78 is 0. The first-order valence-electron chi connectivity index (χ1n) is 7.12. The number of unbranched alkanes of at least 4 members (excludes halogenated alkanes) is 1. The van der Waals surface area contributed by atoms with Gasteiger partial charge < -0.3 is 0 Å². The lowest BCUT2D eigenvalue weighted by Crippen LogP contribution is -2.17. The number of carbonyl (C=O) groups excluding carboxylic acids is 1. The summed E-state index contributed by atoms with van der Waals surface area (Å²) in [6.07, 6.45) is 8.30. The highest BCUT2D eigenvalue weighted by Crippen LogP contribution is 2.06. The lowest BCUT2D eigenvalue weighted by Gasteiger charge is -2.01. The average Bonchev–Trinajstić information content (AvgIpc) is 2.55. The van der Waals surface area contributed by atoms with Gasteiger partial charge in [-0.05, 0) is 36.1 Å². The predicted octanol–water partition coefficient (Wildman–Crippen LogP) is 3.19. The van der Waals surface area contributed by atoms with Gasteiger partial charge in [0.2, 0.25) is 0 Å². The summed E-state index contributed by atoms with van der Waals surface area (Å²) >= 11 is 0. The standard InChI is InChI=1S/C17H19N3O/c1-2-3-4-14-5-7-15(8-6-14)13-19-20-17(21)16-9-11-18-12-10-16/h5-13H,2-4H2,1H3,(H,20,21). The zero-order valence-electron chi connectivity index (χ0n) is 12.1. The first kappa shape index (κ1) is 14.9. The van der Waals surface area contributed by atoms with Crippen molar-refractivity contribution in [3.05, 3.63) is 65.5 Å². The molecular weight excluding hydrogens is 262 g/mol. The summed E-state index contributed by atoms with van der Waals surface area (Å²) in [5.74, 6) is -0.242. The normalized spacial score (nSPS) is 10.7. The first-order valence-corrected chi connectivity index (χ1v) is 7.12. The monoisotopic (exact) mass is 281 g/mol. The number of carbonyl (C=O) groups is 1. The minimum Gasteiger partial charge on any atom is -0.267 e. The minimum atomic E-state index is -0.242. The van der Waals surface area contributed by atoms with E-state index in [2.05, 4.69) is 34.6 Å². The SMILES string of the molecule is CCCCc1ccc(C=NNC(=O)c2ccncc2)cc1. The molecule has 0 unspecified atom stereocenters. The molecule has 0 radical (unpaired) electrons.